The molecule has 3 aromatic carbocycles. The molecule has 5 nitrogen and oxygen atoms in total. The fourth-order valence-electron chi connectivity index (χ4n) is 4.95. The van der Waals surface area contributed by atoms with Gasteiger partial charge in [-0.25, -0.2) is 0 Å². The van der Waals surface area contributed by atoms with E-state index in [1.54, 1.807) is 29.2 Å². The summed E-state index contributed by atoms with van der Waals surface area (Å²) in [6.45, 7) is 2.63. The summed E-state index contributed by atoms with van der Waals surface area (Å²) < 4.78 is 45.4. The Balaban J connectivity index is 1.29. The molecule has 0 saturated carbocycles. The molecule has 194 valence electrons. The number of nitrogens with zero attached hydrogens (tertiary/aromatic N) is 1. The first-order chi connectivity index (χ1) is 18.2. The van der Waals surface area contributed by atoms with Crippen LogP contribution < -0.4 is 5.32 Å². The van der Waals surface area contributed by atoms with E-state index in [1.165, 1.54) is 19.1 Å². The van der Waals surface area contributed by atoms with Crippen LogP contribution in [-0.4, -0.2) is 49.1 Å². The maximum Gasteiger partial charge on any atom is 0.416 e. The molecule has 2 saturated heterocycles. The molecule has 2 heterocycles. The van der Waals surface area contributed by atoms with Crippen LogP contribution in [0.4, 0.5) is 13.2 Å². The minimum atomic E-state index is -4.55. The molecule has 0 bridgehead atoms. The quantitative estimate of drug-likeness (QED) is 0.512. The highest BCUT2D eigenvalue weighted by atomic mass is 19.4. The summed E-state index contributed by atoms with van der Waals surface area (Å²) in [6.07, 6.45) is -4.55. The molecule has 38 heavy (non-hydrogen) atoms. The molecule has 1 spiro atoms. The zero-order valence-corrected chi connectivity index (χ0v) is 20.6. The van der Waals surface area contributed by atoms with Crippen molar-refractivity contribution in [3.8, 4) is 11.8 Å². The van der Waals surface area contributed by atoms with Gasteiger partial charge in [-0.05, 0) is 61.0 Å². The number of amides is 2. The lowest BCUT2D eigenvalue weighted by Gasteiger charge is -2.42. The highest BCUT2D eigenvalue weighted by Gasteiger charge is 2.53. The van der Waals surface area contributed by atoms with E-state index in [0.29, 0.717) is 25.3 Å². The highest BCUT2D eigenvalue weighted by Crippen LogP contribution is 2.39. The summed E-state index contributed by atoms with van der Waals surface area (Å²) in [5.41, 5.74) is 0.689. The summed E-state index contributed by atoms with van der Waals surface area (Å²) in [5.74, 6) is 5.38. The van der Waals surface area contributed by atoms with E-state index in [0.717, 1.165) is 17.2 Å². The van der Waals surface area contributed by atoms with Gasteiger partial charge in [-0.1, -0.05) is 36.1 Å². The first-order valence-corrected chi connectivity index (χ1v) is 12.2. The van der Waals surface area contributed by atoms with E-state index >= 15 is 0 Å². The molecule has 8 heteroatoms. The van der Waals surface area contributed by atoms with Crippen LogP contribution in [-0.2, 0) is 10.9 Å². The van der Waals surface area contributed by atoms with Crippen LogP contribution in [0.15, 0.2) is 72.8 Å². The third-order valence-electron chi connectivity index (χ3n) is 7.16. The molecular formula is C30H25F3N2O3. The van der Waals surface area contributed by atoms with Gasteiger partial charge in [-0.2, -0.15) is 13.2 Å². The number of likely N-dealkylation sites (tertiary alicyclic amines) is 1. The molecule has 0 aromatic heterocycles. The first-order valence-electron chi connectivity index (χ1n) is 12.2. The Morgan fingerprint density at radius 1 is 0.947 bits per heavy atom. The van der Waals surface area contributed by atoms with Crippen molar-refractivity contribution in [1.29, 1.82) is 0 Å². The monoisotopic (exact) mass is 518 g/mol. The third-order valence-corrected chi connectivity index (χ3v) is 7.16. The zero-order valence-electron chi connectivity index (χ0n) is 20.6. The molecule has 2 aliphatic rings. The summed E-state index contributed by atoms with van der Waals surface area (Å²) in [7, 11) is 0. The topological polar surface area (TPSA) is 58.6 Å². The lowest BCUT2D eigenvalue weighted by molar-refractivity contribution is -0.138. The first kappa shape index (κ1) is 25.6. The van der Waals surface area contributed by atoms with Crippen molar-refractivity contribution in [2.75, 3.05) is 26.3 Å². The number of hydrogen-bond donors (Lipinski definition) is 1. The lowest BCUT2D eigenvalue weighted by atomic mass is 9.81. The maximum atomic E-state index is 13.3. The fourth-order valence-corrected chi connectivity index (χ4v) is 4.95. The number of carbonyl (C=O) groups excluding carboxylic acids is 2. The van der Waals surface area contributed by atoms with Crippen LogP contribution in [0.5, 0.6) is 0 Å². The Morgan fingerprint density at radius 2 is 1.61 bits per heavy atom. The number of ether oxygens (including phenoxy) is 1. The van der Waals surface area contributed by atoms with Crippen molar-refractivity contribution in [1.82, 2.24) is 10.2 Å². The van der Waals surface area contributed by atoms with E-state index < -0.39 is 29.1 Å². The molecule has 3 aromatic rings. The van der Waals surface area contributed by atoms with Gasteiger partial charge < -0.3 is 15.0 Å². The van der Waals surface area contributed by atoms with Gasteiger partial charge in [0.05, 0.1) is 30.2 Å². The number of benzene rings is 3. The second kappa shape index (κ2) is 9.99. The second-order valence-electron chi connectivity index (χ2n) is 9.74. The molecule has 5 rings (SSSR count). The SMILES string of the molecule is Cc1c(C(=O)NC2CN(C(=O)c3ccc(C#Cc4ccccc4)cc3)CC23COC3)cccc1C(F)(F)F. The van der Waals surface area contributed by atoms with Crippen molar-refractivity contribution in [3.63, 3.8) is 0 Å². The lowest BCUT2D eigenvalue weighted by Crippen LogP contribution is -2.57. The van der Waals surface area contributed by atoms with Gasteiger partial charge in [-0.15, -0.1) is 0 Å². The summed E-state index contributed by atoms with van der Waals surface area (Å²) in [4.78, 5) is 28.0. The Labute approximate surface area is 218 Å². The molecular weight excluding hydrogens is 493 g/mol. The molecule has 2 aliphatic heterocycles. The van der Waals surface area contributed by atoms with E-state index in [9.17, 15) is 22.8 Å². The van der Waals surface area contributed by atoms with Gasteiger partial charge in [0.25, 0.3) is 11.8 Å². The van der Waals surface area contributed by atoms with Crippen LogP contribution in [0.3, 0.4) is 0 Å². The minimum Gasteiger partial charge on any atom is -0.380 e. The van der Waals surface area contributed by atoms with E-state index in [2.05, 4.69) is 17.2 Å². The summed E-state index contributed by atoms with van der Waals surface area (Å²) in [6, 6.07) is 19.7. The van der Waals surface area contributed by atoms with Gasteiger partial charge in [0.1, 0.15) is 0 Å². The minimum absolute atomic E-state index is 0.0350. The second-order valence-corrected chi connectivity index (χ2v) is 9.74. The van der Waals surface area contributed by atoms with Crippen molar-refractivity contribution in [2.45, 2.75) is 19.1 Å². The van der Waals surface area contributed by atoms with Gasteiger partial charge >= 0.3 is 6.18 Å². The van der Waals surface area contributed by atoms with Crippen LogP contribution in [0.25, 0.3) is 0 Å². The third kappa shape index (κ3) is 5.02. The number of halogens is 3. The van der Waals surface area contributed by atoms with Gasteiger partial charge in [0, 0.05) is 35.3 Å². The van der Waals surface area contributed by atoms with Gasteiger partial charge in [-0.3, -0.25) is 9.59 Å². The van der Waals surface area contributed by atoms with E-state index in [4.69, 9.17) is 4.74 Å². The van der Waals surface area contributed by atoms with Gasteiger partial charge in [0.15, 0.2) is 0 Å². The summed E-state index contributed by atoms with van der Waals surface area (Å²) in [5, 5.41) is 2.89. The van der Waals surface area contributed by atoms with Crippen LogP contribution in [0.1, 0.15) is 43.0 Å². The number of rotatable bonds is 3. The molecule has 1 unspecified atom stereocenters. The molecule has 0 aliphatic carbocycles. The Hall–Kier alpha value is -4.09. The van der Waals surface area contributed by atoms with Crippen LogP contribution in [0.2, 0.25) is 0 Å². The summed E-state index contributed by atoms with van der Waals surface area (Å²) >= 11 is 0. The predicted molar refractivity (Wildman–Crippen MR) is 135 cm³/mol. The molecule has 1 atom stereocenters. The zero-order chi connectivity index (χ0) is 26.9. The van der Waals surface area contributed by atoms with Gasteiger partial charge in [0.2, 0.25) is 0 Å². The fraction of sp³-hybridized carbons (Fsp3) is 0.267. The molecule has 2 fully saturated rings. The van der Waals surface area contributed by atoms with Crippen molar-refractivity contribution in [2.24, 2.45) is 5.41 Å². The number of carbonyl (C=O) groups is 2. The van der Waals surface area contributed by atoms with Crippen molar-refractivity contribution in [3.05, 3.63) is 106 Å². The standard InChI is InChI=1S/C30H25F3N2O3/c1-20-24(8-5-9-25(20)30(31,32)33)27(36)34-26-16-35(17-29(26)18-38-19-29)28(37)23-14-12-22(13-15-23)11-10-21-6-3-2-4-7-21/h2-9,12-15,26H,16-19H2,1H3,(H,34,36). The highest BCUT2D eigenvalue weighted by molar-refractivity contribution is 5.97. The number of nitrogens with one attached hydrogen (secondary N) is 1. The maximum absolute atomic E-state index is 13.3. The Bertz CT molecular complexity index is 1420. The van der Waals surface area contributed by atoms with Crippen molar-refractivity contribution >= 4 is 11.8 Å². The molecule has 2 amide bonds. The predicted octanol–water partition coefficient (Wildman–Crippen LogP) is 4.68. The van der Waals surface area contributed by atoms with Crippen molar-refractivity contribution < 1.29 is 27.5 Å². The molecule has 1 N–H and O–H groups in total. The molecule has 0 radical (unpaired) electrons. The Morgan fingerprint density at radius 3 is 2.21 bits per heavy atom. The Kier molecular flexibility index (Phi) is 6.72. The van der Waals surface area contributed by atoms with E-state index in [1.807, 2.05) is 30.3 Å². The average Bonchev–Trinajstić information content (AvgIpc) is 3.27. The van der Waals surface area contributed by atoms with Crippen LogP contribution >= 0.6 is 0 Å². The average molecular weight is 519 g/mol. The number of hydrogen-bond acceptors (Lipinski definition) is 3. The number of alkyl halides is 3. The smallest absolute Gasteiger partial charge is 0.380 e. The van der Waals surface area contributed by atoms with Crippen LogP contribution in [0, 0.1) is 24.2 Å². The largest absolute Gasteiger partial charge is 0.416 e. The van der Waals surface area contributed by atoms with E-state index in [-0.39, 0.29) is 23.6 Å². The normalized spacial score (nSPS) is 17.9.